The fraction of sp³-hybridized carbons (Fsp3) is 0.100. The number of para-hydroxylation sites is 1. The predicted octanol–water partition coefficient (Wildman–Crippen LogP) is 3.82. The van der Waals surface area contributed by atoms with E-state index in [0.29, 0.717) is 0 Å². The van der Waals surface area contributed by atoms with Crippen LogP contribution in [0.5, 0.6) is 0 Å². The fourth-order valence-electron chi connectivity index (χ4n) is 3.02. The van der Waals surface area contributed by atoms with Crippen LogP contribution in [-0.2, 0) is 0 Å². The molecule has 4 nitrogen and oxygen atoms in total. The van der Waals surface area contributed by atoms with Crippen LogP contribution in [0, 0.1) is 0 Å². The van der Waals surface area contributed by atoms with Gasteiger partial charge in [0.25, 0.3) is 0 Å². The van der Waals surface area contributed by atoms with Crippen LogP contribution in [0.25, 0.3) is 0 Å². The van der Waals surface area contributed by atoms with Crippen molar-refractivity contribution in [2.75, 3.05) is 5.43 Å². The molecule has 1 aliphatic rings. The summed E-state index contributed by atoms with van der Waals surface area (Å²) in [5.41, 5.74) is 13.5. The molecular weight excluding hydrogens is 296 g/mol. The summed E-state index contributed by atoms with van der Waals surface area (Å²) < 4.78 is 0. The lowest BCUT2D eigenvalue weighted by molar-refractivity contribution is -0.0751. The molecule has 24 heavy (non-hydrogen) atoms. The topological polar surface area (TPSA) is 39.3 Å². The average molecular weight is 316 g/mol. The highest BCUT2D eigenvalue weighted by Crippen LogP contribution is 2.39. The lowest BCUT2D eigenvalue weighted by atomic mass is 9.91. The van der Waals surface area contributed by atoms with E-state index in [-0.39, 0.29) is 12.1 Å². The van der Waals surface area contributed by atoms with E-state index < -0.39 is 0 Å². The van der Waals surface area contributed by atoms with Crippen molar-refractivity contribution in [3.63, 3.8) is 0 Å². The maximum absolute atomic E-state index is 3.47. The molecule has 0 radical (unpaired) electrons. The Morgan fingerprint density at radius 1 is 0.667 bits per heavy atom. The van der Waals surface area contributed by atoms with Gasteiger partial charge in [-0.3, -0.25) is 0 Å². The fourth-order valence-corrected chi connectivity index (χ4v) is 3.02. The molecule has 3 N–H and O–H groups in total. The zero-order chi connectivity index (χ0) is 16.2. The minimum absolute atomic E-state index is 0.213. The first-order valence-corrected chi connectivity index (χ1v) is 8.14. The molecule has 2 atom stereocenters. The van der Waals surface area contributed by atoms with Crippen LogP contribution in [0.1, 0.15) is 23.2 Å². The number of hydrazine groups is 3. The number of benzene rings is 3. The Morgan fingerprint density at radius 3 is 1.83 bits per heavy atom. The van der Waals surface area contributed by atoms with Crippen LogP contribution in [0.3, 0.4) is 0 Å². The largest absolute Gasteiger partial charge is 0.307 e. The monoisotopic (exact) mass is 316 g/mol. The zero-order valence-corrected chi connectivity index (χ0v) is 13.3. The van der Waals surface area contributed by atoms with Gasteiger partial charge in [-0.15, -0.1) is 0 Å². The van der Waals surface area contributed by atoms with Gasteiger partial charge in [-0.05, 0) is 23.3 Å². The van der Waals surface area contributed by atoms with E-state index in [1.807, 2.05) is 47.6 Å². The molecule has 3 aromatic rings. The standard InChI is InChI=1S/C20H20N4/c1-4-10-16(11-5-1)19-20(17-12-6-2-7-13-17)24(22-19)23-21-18-14-8-3-9-15-18/h1-15,19-23H/t19-,20-/m0/s1. The molecule has 1 aliphatic heterocycles. The summed E-state index contributed by atoms with van der Waals surface area (Å²) in [6, 6.07) is 31.6. The maximum atomic E-state index is 3.47. The first-order valence-electron chi connectivity index (χ1n) is 8.14. The molecule has 0 saturated carbocycles. The Balaban J connectivity index is 1.52. The van der Waals surface area contributed by atoms with Gasteiger partial charge in [0.1, 0.15) is 0 Å². The summed E-state index contributed by atoms with van der Waals surface area (Å²) in [7, 11) is 0. The smallest absolute Gasteiger partial charge is 0.0875 e. The van der Waals surface area contributed by atoms with Crippen molar-refractivity contribution >= 4 is 5.69 Å². The van der Waals surface area contributed by atoms with E-state index in [1.165, 1.54) is 11.1 Å². The van der Waals surface area contributed by atoms with Crippen LogP contribution in [0.2, 0.25) is 0 Å². The van der Waals surface area contributed by atoms with E-state index in [2.05, 4.69) is 64.9 Å². The summed E-state index contributed by atoms with van der Waals surface area (Å²) in [5.74, 6) is 0. The first kappa shape index (κ1) is 14.9. The number of nitrogens with zero attached hydrogens (tertiary/aromatic N) is 1. The van der Waals surface area contributed by atoms with E-state index in [1.54, 1.807) is 0 Å². The SMILES string of the molecule is c1ccc(NNN2N[C@@H](c3ccccc3)[C@@H]2c2ccccc2)cc1. The molecule has 1 fully saturated rings. The first-order chi connectivity index (χ1) is 11.9. The van der Waals surface area contributed by atoms with Gasteiger partial charge in [0.15, 0.2) is 0 Å². The van der Waals surface area contributed by atoms with Gasteiger partial charge in [-0.25, -0.2) is 5.43 Å². The molecule has 0 unspecified atom stereocenters. The van der Waals surface area contributed by atoms with Gasteiger partial charge >= 0.3 is 0 Å². The van der Waals surface area contributed by atoms with Gasteiger partial charge in [-0.2, -0.15) is 10.7 Å². The van der Waals surface area contributed by atoms with Crippen LogP contribution < -0.4 is 16.4 Å². The van der Waals surface area contributed by atoms with Crippen molar-refractivity contribution in [3.05, 3.63) is 102 Å². The quantitative estimate of drug-likeness (QED) is 0.626. The van der Waals surface area contributed by atoms with Crippen LogP contribution in [0.4, 0.5) is 5.69 Å². The normalized spacial score (nSPS) is 20.3. The molecule has 0 aromatic heterocycles. The van der Waals surface area contributed by atoms with E-state index in [0.717, 1.165) is 5.69 Å². The summed E-state index contributed by atoms with van der Waals surface area (Å²) in [6.45, 7) is 0. The highest BCUT2D eigenvalue weighted by Gasteiger charge is 2.40. The molecule has 0 amide bonds. The van der Waals surface area contributed by atoms with Crippen molar-refractivity contribution in [3.8, 4) is 0 Å². The second kappa shape index (κ2) is 6.84. The van der Waals surface area contributed by atoms with Crippen LogP contribution >= 0.6 is 0 Å². The molecule has 3 aromatic carbocycles. The Labute approximate surface area is 142 Å². The van der Waals surface area contributed by atoms with Crippen LogP contribution in [0.15, 0.2) is 91.0 Å². The van der Waals surface area contributed by atoms with Gasteiger partial charge in [0.05, 0.1) is 17.8 Å². The Bertz CT molecular complexity index is 759. The predicted molar refractivity (Wildman–Crippen MR) is 96.5 cm³/mol. The number of rotatable bonds is 5. The van der Waals surface area contributed by atoms with E-state index in [4.69, 9.17) is 0 Å². The lowest BCUT2D eigenvalue weighted by Crippen LogP contribution is -2.65. The van der Waals surface area contributed by atoms with Crippen molar-refractivity contribution in [1.29, 1.82) is 0 Å². The highest BCUT2D eigenvalue weighted by molar-refractivity contribution is 5.41. The molecule has 4 rings (SSSR count). The third kappa shape index (κ3) is 3.03. The summed E-state index contributed by atoms with van der Waals surface area (Å²) >= 11 is 0. The Kier molecular flexibility index (Phi) is 4.25. The Hall–Kier alpha value is -2.66. The molecule has 1 heterocycles. The van der Waals surface area contributed by atoms with E-state index in [9.17, 15) is 0 Å². The zero-order valence-electron chi connectivity index (χ0n) is 13.3. The molecule has 1 saturated heterocycles. The van der Waals surface area contributed by atoms with Gasteiger partial charge in [0.2, 0.25) is 0 Å². The van der Waals surface area contributed by atoms with Crippen molar-refractivity contribution in [2.24, 2.45) is 0 Å². The molecule has 0 aliphatic carbocycles. The van der Waals surface area contributed by atoms with Crippen molar-refractivity contribution in [2.45, 2.75) is 12.1 Å². The molecule has 0 spiro atoms. The number of nitrogens with one attached hydrogen (secondary N) is 3. The minimum atomic E-state index is 0.213. The van der Waals surface area contributed by atoms with Crippen LogP contribution in [-0.4, -0.2) is 5.12 Å². The minimum Gasteiger partial charge on any atom is -0.307 e. The summed E-state index contributed by atoms with van der Waals surface area (Å²) in [5, 5.41) is 2.01. The average Bonchev–Trinajstić information content (AvgIpc) is 2.63. The lowest BCUT2D eigenvalue weighted by Gasteiger charge is -2.49. The second-order valence-corrected chi connectivity index (χ2v) is 5.85. The highest BCUT2D eigenvalue weighted by atomic mass is 15.9. The molecule has 0 bridgehead atoms. The van der Waals surface area contributed by atoms with Crippen molar-refractivity contribution in [1.82, 2.24) is 16.1 Å². The summed E-state index contributed by atoms with van der Waals surface area (Å²) in [6.07, 6.45) is 0. The number of hydrogen-bond donors (Lipinski definition) is 3. The number of hydrogen-bond acceptors (Lipinski definition) is 4. The van der Waals surface area contributed by atoms with Gasteiger partial charge in [0, 0.05) is 0 Å². The second-order valence-electron chi connectivity index (χ2n) is 5.85. The third-order valence-electron chi connectivity index (χ3n) is 4.27. The van der Waals surface area contributed by atoms with E-state index >= 15 is 0 Å². The molecule has 120 valence electrons. The molecule has 4 heteroatoms. The van der Waals surface area contributed by atoms with Crippen molar-refractivity contribution < 1.29 is 0 Å². The van der Waals surface area contributed by atoms with Gasteiger partial charge < -0.3 is 5.43 Å². The molecular formula is C20H20N4. The number of anilines is 1. The van der Waals surface area contributed by atoms with Gasteiger partial charge in [-0.1, -0.05) is 78.9 Å². The maximum Gasteiger partial charge on any atom is 0.0875 e. The third-order valence-corrected chi connectivity index (χ3v) is 4.27. The summed E-state index contributed by atoms with van der Waals surface area (Å²) in [4.78, 5) is 0. The Morgan fingerprint density at radius 2 is 1.21 bits per heavy atom.